The van der Waals surface area contributed by atoms with E-state index in [2.05, 4.69) is 32.3 Å². The maximum atomic E-state index is 11.0. The first-order valence-corrected chi connectivity index (χ1v) is 6.31. The van der Waals surface area contributed by atoms with E-state index in [1.807, 2.05) is 6.08 Å². The molecule has 1 aliphatic rings. The topological polar surface area (TPSA) is 40.5 Å². The summed E-state index contributed by atoms with van der Waals surface area (Å²) in [6, 6.07) is 0.445. The Bertz CT molecular complexity index is 322. The standard InChI is InChI=1S/C14H23NO2/c1-5-10(2)12(4)13(9-14(16)17)15-8-6-7-11(15)3/h5,9-12H,1,6-8H2,2-4H3,(H,16,17)/b13-9-/t10-,11?,12-/m1/s1. The fraction of sp³-hybridized carbons (Fsp3) is 0.643. The van der Waals surface area contributed by atoms with E-state index in [9.17, 15) is 4.79 Å². The molecule has 0 bridgehead atoms. The van der Waals surface area contributed by atoms with Gasteiger partial charge in [-0.05, 0) is 25.7 Å². The van der Waals surface area contributed by atoms with Crippen molar-refractivity contribution in [3.8, 4) is 0 Å². The highest BCUT2D eigenvalue weighted by Crippen LogP contribution is 2.30. The molecule has 1 N–H and O–H groups in total. The van der Waals surface area contributed by atoms with E-state index in [-0.39, 0.29) is 11.8 Å². The molecule has 0 spiro atoms. The van der Waals surface area contributed by atoms with Gasteiger partial charge in [-0.15, -0.1) is 6.58 Å². The quantitative estimate of drug-likeness (QED) is 0.590. The van der Waals surface area contributed by atoms with Gasteiger partial charge in [0, 0.05) is 30.3 Å². The highest BCUT2D eigenvalue weighted by molar-refractivity contribution is 5.80. The Morgan fingerprint density at radius 3 is 2.59 bits per heavy atom. The number of carboxylic acid groups (broad SMARTS) is 1. The minimum Gasteiger partial charge on any atom is -0.478 e. The van der Waals surface area contributed by atoms with Crippen molar-refractivity contribution in [1.29, 1.82) is 0 Å². The molecule has 1 rings (SSSR count). The Hall–Kier alpha value is -1.25. The molecule has 0 aromatic heterocycles. The molecule has 0 radical (unpaired) electrons. The third kappa shape index (κ3) is 3.35. The van der Waals surface area contributed by atoms with E-state index in [0.717, 1.165) is 25.1 Å². The number of carboxylic acids is 1. The molecule has 1 heterocycles. The number of hydrogen-bond donors (Lipinski definition) is 1. The number of hydrogen-bond acceptors (Lipinski definition) is 2. The van der Waals surface area contributed by atoms with Crippen molar-refractivity contribution >= 4 is 5.97 Å². The van der Waals surface area contributed by atoms with Crippen molar-refractivity contribution in [3.63, 3.8) is 0 Å². The van der Waals surface area contributed by atoms with Crippen molar-refractivity contribution in [2.75, 3.05) is 6.54 Å². The van der Waals surface area contributed by atoms with Crippen molar-refractivity contribution in [3.05, 3.63) is 24.4 Å². The molecule has 0 saturated carbocycles. The summed E-state index contributed by atoms with van der Waals surface area (Å²) in [7, 11) is 0. The molecule has 17 heavy (non-hydrogen) atoms. The monoisotopic (exact) mass is 237 g/mol. The van der Waals surface area contributed by atoms with E-state index in [4.69, 9.17) is 5.11 Å². The molecule has 1 fully saturated rings. The Kier molecular flexibility index (Phi) is 4.79. The van der Waals surface area contributed by atoms with Gasteiger partial charge in [0.05, 0.1) is 0 Å². The minimum absolute atomic E-state index is 0.198. The predicted molar refractivity (Wildman–Crippen MR) is 69.6 cm³/mol. The Labute approximate surface area is 104 Å². The zero-order chi connectivity index (χ0) is 13.0. The molecule has 0 amide bonds. The minimum atomic E-state index is -0.859. The third-order valence-electron chi connectivity index (χ3n) is 3.78. The van der Waals surface area contributed by atoms with Crippen LogP contribution >= 0.6 is 0 Å². The lowest BCUT2D eigenvalue weighted by Crippen LogP contribution is -2.31. The smallest absolute Gasteiger partial charge is 0.330 e. The van der Waals surface area contributed by atoms with E-state index in [1.165, 1.54) is 6.08 Å². The van der Waals surface area contributed by atoms with Crippen molar-refractivity contribution < 1.29 is 9.90 Å². The number of allylic oxidation sites excluding steroid dienone is 2. The van der Waals surface area contributed by atoms with Gasteiger partial charge in [0.2, 0.25) is 0 Å². The number of likely N-dealkylation sites (tertiary alicyclic amines) is 1. The summed E-state index contributed by atoms with van der Waals surface area (Å²) in [5.74, 6) is -0.375. The summed E-state index contributed by atoms with van der Waals surface area (Å²) in [6.45, 7) is 11.1. The number of nitrogens with zero attached hydrogens (tertiary/aromatic N) is 1. The molecule has 3 heteroatoms. The first kappa shape index (κ1) is 13.8. The van der Waals surface area contributed by atoms with Crippen LogP contribution in [0.2, 0.25) is 0 Å². The average molecular weight is 237 g/mol. The van der Waals surface area contributed by atoms with E-state index >= 15 is 0 Å². The molecule has 0 aromatic carbocycles. The van der Waals surface area contributed by atoms with Crippen molar-refractivity contribution in [2.45, 2.75) is 39.7 Å². The molecular weight excluding hydrogens is 214 g/mol. The van der Waals surface area contributed by atoms with Crippen LogP contribution in [0.3, 0.4) is 0 Å². The molecule has 1 unspecified atom stereocenters. The van der Waals surface area contributed by atoms with E-state index < -0.39 is 5.97 Å². The maximum absolute atomic E-state index is 11.0. The Morgan fingerprint density at radius 1 is 1.53 bits per heavy atom. The van der Waals surface area contributed by atoms with Crippen LogP contribution in [0, 0.1) is 11.8 Å². The fourth-order valence-electron chi connectivity index (χ4n) is 2.39. The van der Waals surface area contributed by atoms with Gasteiger partial charge in [0.15, 0.2) is 0 Å². The van der Waals surface area contributed by atoms with Gasteiger partial charge in [-0.1, -0.05) is 19.9 Å². The molecule has 1 saturated heterocycles. The first-order valence-electron chi connectivity index (χ1n) is 6.31. The Morgan fingerprint density at radius 2 is 2.18 bits per heavy atom. The first-order chi connectivity index (χ1) is 7.97. The lowest BCUT2D eigenvalue weighted by Gasteiger charge is -2.32. The molecule has 3 atom stereocenters. The molecule has 3 nitrogen and oxygen atoms in total. The van der Waals surface area contributed by atoms with Crippen LogP contribution in [-0.2, 0) is 4.79 Å². The highest BCUT2D eigenvalue weighted by Gasteiger charge is 2.27. The lowest BCUT2D eigenvalue weighted by molar-refractivity contribution is -0.131. The second-order valence-corrected chi connectivity index (χ2v) is 4.98. The summed E-state index contributed by atoms with van der Waals surface area (Å²) in [5.41, 5.74) is 0.940. The molecule has 0 aromatic rings. The van der Waals surface area contributed by atoms with Gasteiger partial charge in [-0.25, -0.2) is 4.79 Å². The van der Waals surface area contributed by atoms with E-state index in [1.54, 1.807) is 0 Å². The van der Waals surface area contributed by atoms with Crippen LogP contribution in [0.15, 0.2) is 24.4 Å². The second kappa shape index (κ2) is 5.89. The Balaban J connectivity index is 2.95. The maximum Gasteiger partial charge on any atom is 0.330 e. The van der Waals surface area contributed by atoms with Crippen LogP contribution in [0.25, 0.3) is 0 Å². The summed E-state index contributed by atoms with van der Waals surface area (Å²) in [4.78, 5) is 13.2. The summed E-state index contributed by atoms with van der Waals surface area (Å²) < 4.78 is 0. The van der Waals surface area contributed by atoms with Gasteiger partial charge < -0.3 is 10.0 Å². The van der Waals surface area contributed by atoms with Gasteiger partial charge in [0.1, 0.15) is 0 Å². The number of rotatable bonds is 5. The summed E-state index contributed by atoms with van der Waals surface area (Å²) >= 11 is 0. The molecule has 1 aliphatic heterocycles. The number of aliphatic carboxylic acids is 1. The molecular formula is C14H23NO2. The third-order valence-corrected chi connectivity index (χ3v) is 3.78. The van der Waals surface area contributed by atoms with Gasteiger partial charge in [-0.2, -0.15) is 0 Å². The highest BCUT2D eigenvalue weighted by atomic mass is 16.4. The molecule has 96 valence electrons. The zero-order valence-corrected chi connectivity index (χ0v) is 11.0. The van der Waals surface area contributed by atoms with Gasteiger partial charge >= 0.3 is 5.97 Å². The molecule has 0 aliphatic carbocycles. The average Bonchev–Trinajstić information content (AvgIpc) is 2.70. The second-order valence-electron chi connectivity index (χ2n) is 4.98. The van der Waals surface area contributed by atoms with Crippen LogP contribution in [-0.4, -0.2) is 28.6 Å². The van der Waals surface area contributed by atoms with Crippen LogP contribution < -0.4 is 0 Å². The summed E-state index contributed by atoms with van der Waals surface area (Å²) in [6.07, 6.45) is 5.55. The largest absolute Gasteiger partial charge is 0.478 e. The summed E-state index contributed by atoms with van der Waals surface area (Å²) in [5, 5.41) is 9.00. The van der Waals surface area contributed by atoms with Gasteiger partial charge in [0.25, 0.3) is 0 Å². The van der Waals surface area contributed by atoms with Crippen molar-refractivity contribution in [1.82, 2.24) is 4.90 Å². The lowest BCUT2D eigenvalue weighted by atomic mass is 9.91. The fourth-order valence-corrected chi connectivity index (χ4v) is 2.39. The number of carbonyl (C=O) groups is 1. The van der Waals surface area contributed by atoms with Crippen LogP contribution in [0.5, 0.6) is 0 Å². The SMILES string of the molecule is C=C[C@@H](C)[C@@H](C)/C(=C/C(=O)O)N1CCCC1C. The normalized spacial score (nSPS) is 24.5. The van der Waals surface area contributed by atoms with Crippen LogP contribution in [0.4, 0.5) is 0 Å². The zero-order valence-electron chi connectivity index (χ0n) is 11.0. The van der Waals surface area contributed by atoms with Crippen molar-refractivity contribution in [2.24, 2.45) is 11.8 Å². The van der Waals surface area contributed by atoms with E-state index in [0.29, 0.717) is 6.04 Å². The van der Waals surface area contributed by atoms with Gasteiger partial charge in [-0.3, -0.25) is 0 Å². The predicted octanol–water partition coefficient (Wildman–Crippen LogP) is 2.90. The van der Waals surface area contributed by atoms with Crippen LogP contribution in [0.1, 0.15) is 33.6 Å².